The van der Waals surface area contributed by atoms with E-state index >= 15 is 0 Å². The van der Waals surface area contributed by atoms with E-state index in [0.29, 0.717) is 6.42 Å². The molecule has 1 heterocycles. The summed E-state index contributed by atoms with van der Waals surface area (Å²) >= 11 is 0. The van der Waals surface area contributed by atoms with E-state index in [1.54, 1.807) is 0 Å². The van der Waals surface area contributed by atoms with Gasteiger partial charge in [-0.15, -0.1) is 0 Å². The van der Waals surface area contributed by atoms with Gasteiger partial charge in [-0.1, -0.05) is 6.42 Å². The first-order valence-electron chi connectivity index (χ1n) is 4.84. The molecule has 1 rings (SSSR count). The minimum absolute atomic E-state index is 0.155. The van der Waals surface area contributed by atoms with Crippen molar-refractivity contribution in [2.45, 2.75) is 57.0 Å². The molecule has 2 atom stereocenters. The Morgan fingerprint density at radius 2 is 2.00 bits per heavy atom. The predicted octanol–water partition coefficient (Wildman–Crippen LogP) is 2.81. The molecule has 0 radical (unpaired) electrons. The van der Waals surface area contributed by atoms with E-state index in [9.17, 15) is 17.6 Å². The van der Waals surface area contributed by atoms with Crippen molar-refractivity contribution in [2.24, 2.45) is 0 Å². The second-order valence-electron chi connectivity index (χ2n) is 3.96. The maximum Gasteiger partial charge on any atom is 0.309 e. The van der Waals surface area contributed by atoms with Crippen molar-refractivity contribution in [3.05, 3.63) is 0 Å². The van der Waals surface area contributed by atoms with Gasteiger partial charge in [0.25, 0.3) is 0 Å². The highest BCUT2D eigenvalue weighted by Crippen LogP contribution is 2.30. The average Bonchev–Trinajstić information content (AvgIpc) is 2.02. The zero-order chi connectivity index (χ0) is 10.8. The predicted molar refractivity (Wildman–Crippen MR) is 45.8 cm³/mol. The van der Waals surface area contributed by atoms with Crippen molar-refractivity contribution in [1.29, 1.82) is 0 Å². The standard InChI is InChI=1S/C9H15F4N/c1-6-3-2-4-7(14-6)5-9(12,13)8(10)11/h6-8,14H,2-5H2,1H3. The van der Waals surface area contributed by atoms with Gasteiger partial charge in [0.2, 0.25) is 0 Å². The molecule has 1 fully saturated rings. The van der Waals surface area contributed by atoms with Gasteiger partial charge in [-0.25, -0.2) is 17.6 Å². The van der Waals surface area contributed by atoms with Crippen molar-refractivity contribution in [3.8, 4) is 0 Å². The van der Waals surface area contributed by atoms with Crippen LogP contribution in [0.3, 0.4) is 0 Å². The van der Waals surface area contributed by atoms with E-state index < -0.39 is 24.8 Å². The number of nitrogens with one attached hydrogen (secondary N) is 1. The topological polar surface area (TPSA) is 12.0 Å². The van der Waals surface area contributed by atoms with Crippen LogP contribution >= 0.6 is 0 Å². The molecule has 0 saturated carbocycles. The molecular formula is C9H15F4N. The lowest BCUT2D eigenvalue weighted by molar-refractivity contribution is -0.138. The largest absolute Gasteiger partial charge is 0.311 e. The molecule has 0 aromatic carbocycles. The van der Waals surface area contributed by atoms with Crippen molar-refractivity contribution in [1.82, 2.24) is 5.32 Å². The van der Waals surface area contributed by atoms with Crippen LogP contribution in [0.2, 0.25) is 0 Å². The fraction of sp³-hybridized carbons (Fsp3) is 1.00. The minimum atomic E-state index is -3.85. The van der Waals surface area contributed by atoms with E-state index in [1.807, 2.05) is 6.92 Å². The summed E-state index contributed by atoms with van der Waals surface area (Å²) in [5.74, 6) is -3.85. The lowest BCUT2D eigenvalue weighted by Gasteiger charge is -2.31. The molecular weight excluding hydrogens is 198 g/mol. The first kappa shape index (κ1) is 11.8. The number of halogens is 4. The maximum atomic E-state index is 12.7. The molecule has 1 aliphatic heterocycles. The summed E-state index contributed by atoms with van der Waals surface area (Å²) in [5, 5.41) is 2.91. The van der Waals surface area contributed by atoms with Gasteiger partial charge in [-0.3, -0.25) is 0 Å². The second-order valence-corrected chi connectivity index (χ2v) is 3.96. The van der Waals surface area contributed by atoms with Crippen LogP contribution < -0.4 is 5.32 Å². The van der Waals surface area contributed by atoms with Gasteiger partial charge < -0.3 is 5.32 Å². The lowest BCUT2D eigenvalue weighted by Crippen LogP contribution is -2.45. The summed E-state index contributed by atoms with van der Waals surface area (Å²) in [7, 11) is 0. The van der Waals surface area contributed by atoms with E-state index in [4.69, 9.17) is 0 Å². The van der Waals surface area contributed by atoms with Crippen LogP contribution in [0.1, 0.15) is 32.6 Å². The quantitative estimate of drug-likeness (QED) is 0.711. The Morgan fingerprint density at radius 1 is 1.36 bits per heavy atom. The Kier molecular flexibility index (Phi) is 3.75. The molecule has 0 spiro atoms. The molecule has 1 N–H and O–H groups in total. The third-order valence-electron chi connectivity index (χ3n) is 2.55. The van der Waals surface area contributed by atoms with Gasteiger partial charge >= 0.3 is 12.3 Å². The van der Waals surface area contributed by atoms with Crippen molar-refractivity contribution in [3.63, 3.8) is 0 Å². The number of hydrogen-bond donors (Lipinski definition) is 1. The number of hydrogen-bond acceptors (Lipinski definition) is 1. The van der Waals surface area contributed by atoms with Gasteiger partial charge in [0.1, 0.15) is 0 Å². The van der Waals surface area contributed by atoms with Gasteiger partial charge in [0.05, 0.1) is 0 Å². The number of piperidine rings is 1. The smallest absolute Gasteiger partial charge is 0.309 e. The molecule has 0 aromatic rings. The van der Waals surface area contributed by atoms with E-state index in [1.165, 1.54) is 0 Å². The molecule has 84 valence electrons. The third kappa shape index (κ3) is 3.12. The van der Waals surface area contributed by atoms with Crippen LogP contribution in [-0.2, 0) is 0 Å². The zero-order valence-corrected chi connectivity index (χ0v) is 8.07. The molecule has 14 heavy (non-hydrogen) atoms. The molecule has 0 bridgehead atoms. The van der Waals surface area contributed by atoms with Crippen molar-refractivity contribution >= 4 is 0 Å². The Balaban J connectivity index is 2.43. The molecule has 1 saturated heterocycles. The Bertz CT molecular complexity index is 184. The summed E-state index contributed by atoms with van der Waals surface area (Å²) in [4.78, 5) is 0. The Labute approximate surface area is 80.9 Å². The SMILES string of the molecule is CC1CCCC(CC(F)(F)C(F)F)N1. The molecule has 1 aliphatic rings. The van der Waals surface area contributed by atoms with Crippen LogP contribution in [-0.4, -0.2) is 24.4 Å². The zero-order valence-electron chi connectivity index (χ0n) is 8.07. The second kappa shape index (κ2) is 4.47. The monoisotopic (exact) mass is 213 g/mol. The van der Waals surface area contributed by atoms with Crippen molar-refractivity contribution in [2.75, 3.05) is 0 Å². The average molecular weight is 213 g/mol. The first-order chi connectivity index (χ1) is 6.42. The molecule has 0 aromatic heterocycles. The maximum absolute atomic E-state index is 12.7. The van der Waals surface area contributed by atoms with Crippen LogP contribution in [0.15, 0.2) is 0 Å². The van der Waals surface area contributed by atoms with E-state index in [2.05, 4.69) is 5.32 Å². The highest BCUT2D eigenvalue weighted by molar-refractivity contribution is 4.83. The van der Waals surface area contributed by atoms with Crippen LogP contribution in [0.5, 0.6) is 0 Å². The van der Waals surface area contributed by atoms with Crippen molar-refractivity contribution < 1.29 is 17.6 Å². The Morgan fingerprint density at radius 3 is 2.50 bits per heavy atom. The summed E-state index contributed by atoms with van der Waals surface area (Å²) in [6.45, 7) is 1.88. The van der Waals surface area contributed by atoms with Crippen LogP contribution in [0, 0.1) is 0 Å². The summed E-state index contributed by atoms with van der Waals surface area (Å²) in [6.07, 6.45) is -1.99. The Hall–Kier alpha value is -0.320. The fourth-order valence-electron chi connectivity index (χ4n) is 1.82. The van der Waals surface area contributed by atoms with Crippen LogP contribution in [0.4, 0.5) is 17.6 Å². The molecule has 1 nitrogen and oxygen atoms in total. The molecule has 0 aliphatic carbocycles. The van der Waals surface area contributed by atoms with Gasteiger partial charge in [0.15, 0.2) is 0 Å². The third-order valence-corrected chi connectivity index (χ3v) is 2.55. The van der Waals surface area contributed by atoms with Crippen LogP contribution in [0.25, 0.3) is 0 Å². The first-order valence-corrected chi connectivity index (χ1v) is 4.84. The normalized spacial score (nSPS) is 29.6. The van der Waals surface area contributed by atoms with Gasteiger partial charge in [-0.05, 0) is 19.8 Å². The van der Waals surface area contributed by atoms with Gasteiger partial charge in [0, 0.05) is 18.5 Å². The van der Waals surface area contributed by atoms with Gasteiger partial charge in [-0.2, -0.15) is 0 Å². The molecule has 2 unspecified atom stereocenters. The molecule has 5 heteroatoms. The minimum Gasteiger partial charge on any atom is -0.311 e. The van der Waals surface area contributed by atoms with E-state index in [-0.39, 0.29) is 6.04 Å². The lowest BCUT2D eigenvalue weighted by atomic mass is 9.95. The summed E-state index contributed by atoms with van der Waals surface area (Å²) in [5.41, 5.74) is 0. The number of rotatable bonds is 3. The summed E-state index contributed by atoms with van der Waals surface area (Å²) in [6, 6.07) is -0.315. The highest BCUT2D eigenvalue weighted by Gasteiger charge is 2.43. The van der Waals surface area contributed by atoms with E-state index in [0.717, 1.165) is 12.8 Å². The fourth-order valence-corrected chi connectivity index (χ4v) is 1.82. The number of alkyl halides is 4. The highest BCUT2D eigenvalue weighted by atomic mass is 19.3. The summed E-state index contributed by atoms with van der Waals surface area (Å²) < 4.78 is 49.1. The molecule has 0 amide bonds.